The minimum absolute atomic E-state index is 0.674. The lowest BCUT2D eigenvalue weighted by atomic mass is 9.77. The highest BCUT2D eigenvalue weighted by molar-refractivity contribution is 5.27. The Bertz CT molecular complexity index is 748. The van der Waals surface area contributed by atoms with E-state index in [0.717, 1.165) is 17.9 Å². The molecule has 0 unspecified atom stereocenters. The molecule has 1 fully saturated rings. The van der Waals surface area contributed by atoms with Gasteiger partial charge in [0.2, 0.25) is 5.95 Å². The standard InChI is InChI=1S/C27H37F2N/c1-2-3-4-5-6-7-8-21-11-15-24(16-12-21)25-17-13-22(14-18-25)9-10-23-19-26(28)27(29)30-20-23/h13-14,17-21,24H,2-12,15-16H2,1H3/t21-,24-. The molecule has 1 nitrogen and oxygen atoms in total. The van der Waals surface area contributed by atoms with Crippen LogP contribution in [0.2, 0.25) is 0 Å². The summed E-state index contributed by atoms with van der Waals surface area (Å²) in [5.74, 6) is -0.244. The summed E-state index contributed by atoms with van der Waals surface area (Å²) in [4.78, 5) is 3.47. The lowest BCUT2D eigenvalue weighted by Gasteiger charge is -2.29. The maximum absolute atomic E-state index is 13.3. The lowest BCUT2D eigenvalue weighted by Crippen LogP contribution is -2.13. The van der Waals surface area contributed by atoms with E-state index in [4.69, 9.17) is 0 Å². The van der Waals surface area contributed by atoms with Crippen LogP contribution in [0.4, 0.5) is 8.78 Å². The molecule has 1 aliphatic rings. The summed E-state index contributed by atoms with van der Waals surface area (Å²) in [7, 11) is 0. The van der Waals surface area contributed by atoms with E-state index in [1.54, 1.807) is 0 Å². The number of pyridine rings is 1. The normalized spacial score (nSPS) is 19.2. The second kappa shape index (κ2) is 12.2. The molecule has 0 N–H and O–H groups in total. The van der Waals surface area contributed by atoms with Crippen molar-refractivity contribution >= 4 is 0 Å². The van der Waals surface area contributed by atoms with E-state index in [-0.39, 0.29) is 0 Å². The van der Waals surface area contributed by atoms with Crippen LogP contribution < -0.4 is 0 Å². The molecule has 0 atom stereocenters. The highest BCUT2D eigenvalue weighted by atomic mass is 19.2. The Balaban J connectivity index is 1.37. The van der Waals surface area contributed by atoms with Crippen molar-refractivity contribution in [1.82, 2.24) is 4.98 Å². The van der Waals surface area contributed by atoms with E-state index < -0.39 is 11.8 Å². The van der Waals surface area contributed by atoms with Crippen LogP contribution in [0, 0.1) is 17.7 Å². The first-order chi connectivity index (χ1) is 14.7. The summed E-state index contributed by atoms with van der Waals surface area (Å²) in [5, 5.41) is 0. The molecule has 0 bridgehead atoms. The molecule has 1 aromatic carbocycles. The highest BCUT2D eigenvalue weighted by Gasteiger charge is 2.22. The molecule has 30 heavy (non-hydrogen) atoms. The fourth-order valence-electron chi connectivity index (χ4n) is 4.84. The Labute approximate surface area is 181 Å². The first-order valence-corrected chi connectivity index (χ1v) is 12.0. The van der Waals surface area contributed by atoms with Gasteiger partial charge in [-0.25, -0.2) is 9.37 Å². The number of halogens is 2. The summed E-state index contributed by atoms with van der Waals surface area (Å²) < 4.78 is 26.2. The quantitative estimate of drug-likeness (QED) is 0.267. The van der Waals surface area contributed by atoms with Crippen LogP contribution >= 0.6 is 0 Å². The second-order valence-electron chi connectivity index (χ2n) is 9.13. The number of nitrogens with zero attached hydrogens (tertiary/aromatic N) is 1. The maximum Gasteiger partial charge on any atom is 0.248 e. The number of benzene rings is 1. The molecule has 164 valence electrons. The average Bonchev–Trinajstić information content (AvgIpc) is 2.78. The summed E-state index contributed by atoms with van der Waals surface area (Å²) in [5.41, 5.74) is 3.44. The molecule has 1 aliphatic carbocycles. The fourth-order valence-corrected chi connectivity index (χ4v) is 4.84. The molecule has 0 saturated heterocycles. The van der Waals surface area contributed by atoms with Gasteiger partial charge in [0.15, 0.2) is 5.82 Å². The van der Waals surface area contributed by atoms with E-state index in [1.807, 2.05) is 0 Å². The van der Waals surface area contributed by atoms with Gasteiger partial charge in [-0.1, -0.05) is 76.1 Å². The van der Waals surface area contributed by atoms with Gasteiger partial charge in [-0.15, -0.1) is 0 Å². The van der Waals surface area contributed by atoms with Crippen LogP contribution in [-0.4, -0.2) is 4.98 Å². The Hall–Kier alpha value is -1.77. The van der Waals surface area contributed by atoms with E-state index in [2.05, 4.69) is 36.2 Å². The van der Waals surface area contributed by atoms with Gasteiger partial charge in [-0.2, -0.15) is 4.39 Å². The van der Waals surface area contributed by atoms with Crippen LogP contribution in [0.1, 0.15) is 100 Å². The molecule has 0 spiro atoms. The van der Waals surface area contributed by atoms with Gasteiger partial charge < -0.3 is 0 Å². The van der Waals surface area contributed by atoms with Crippen LogP contribution in [0.25, 0.3) is 0 Å². The van der Waals surface area contributed by atoms with Crippen LogP contribution in [0.3, 0.4) is 0 Å². The molecule has 0 aliphatic heterocycles. The van der Waals surface area contributed by atoms with Gasteiger partial charge in [0.1, 0.15) is 0 Å². The Morgan fingerprint density at radius 3 is 2.20 bits per heavy atom. The van der Waals surface area contributed by atoms with Gasteiger partial charge in [0.05, 0.1) is 0 Å². The summed E-state index contributed by atoms with van der Waals surface area (Å²) in [6.45, 7) is 2.28. The number of aryl methyl sites for hydroxylation is 2. The number of aromatic nitrogens is 1. The van der Waals surface area contributed by atoms with Crippen molar-refractivity contribution in [3.05, 3.63) is 65.0 Å². The van der Waals surface area contributed by atoms with Gasteiger partial charge in [0, 0.05) is 6.20 Å². The smallest absolute Gasteiger partial charge is 0.225 e. The molecule has 3 heteroatoms. The maximum atomic E-state index is 13.3. The van der Waals surface area contributed by atoms with Crippen molar-refractivity contribution in [2.75, 3.05) is 0 Å². The first kappa shape index (κ1) is 22.9. The third-order valence-corrected chi connectivity index (χ3v) is 6.82. The van der Waals surface area contributed by atoms with Gasteiger partial charge >= 0.3 is 0 Å². The summed E-state index contributed by atoms with van der Waals surface area (Å²) >= 11 is 0. The Morgan fingerprint density at radius 2 is 1.50 bits per heavy atom. The van der Waals surface area contributed by atoms with E-state index in [9.17, 15) is 8.78 Å². The predicted molar refractivity (Wildman–Crippen MR) is 121 cm³/mol. The molecule has 3 rings (SSSR count). The van der Waals surface area contributed by atoms with Crippen LogP contribution in [-0.2, 0) is 12.8 Å². The average molecular weight is 414 g/mol. The van der Waals surface area contributed by atoms with Gasteiger partial charge in [-0.3, -0.25) is 0 Å². The van der Waals surface area contributed by atoms with Crippen molar-refractivity contribution in [3.8, 4) is 0 Å². The van der Waals surface area contributed by atoms with Crippen LogP contribution in [0.15, 0.2) is 36.5 Å². The van der Waals surface area contributed by atoms with Gasteiger partial charge in [-0.05, 0) is 73.1 Å². The predicted octanol–water partition coefficient (Wildman–Crippen LogP) is 8.17. The topological polar surface area (TPSA) is 12.9 Å². The first-order valence-electron chi connectivity index (χ1n) is 12.0. The molecular formula is C27H37F2N. The Morgan fingerprint density at radius 1 is 0.833 bits per heavy atom. The van der Waals surface area contributed by atoms with Gasteiger partial charge in [0.25, 0.3) is 0 Å². The van der Waals surface area contributed by atoms with Crippen molar-refractivity contribution < 1.29 is 8.78 Å². The molecule has 1 aromatic heterocycles. The zero-order valence-corrected chi connectivity index (χ0v) is 18.5. The Kier molecular flexibility index (Phi) is 9.29. The molecule has 0 amide bonds. The molecule has 1 heterocycles. The molecule has 1 saturated carbocycles. The van der Waals surface area contributed by atoms with Crippen molar-refractivity contribution in [1.29, 1.82) is 0 Å². The van der Waals surface area contributed by atoms with Crippen molar-refractivity contribution in [3.63, 3.8) is 0 Å². The third kappa shape index (κ3) is 7.18. The molecule has 2 aromatic rings. The van der Waals surface area contributed by atoms with E-state index in [1.165, 1.54) is 94.0 Å². The fraction of sp³-hybridized carbons (Fsp3) is 0.593. The second-order valence-corrected chi connectivity index (χ2v) is 9.13. The monoisotopic (exact) mass is 413 g/mol. The SMILES string of the molecule is CCCCCCCC[C@H]1CC[C@H](c2ccc(CCc3cnc(F)c(F)c3)cc2)CC1. The number of unbranched alkanes of at least 4 members (excludes halogenated alkanes) is 5. The zero-order chi connectivity index (χ0) is 21.2. The number of hydrogen-bond donors (Lipinski definition) is 0. The van der Waals surface area contributed by atoms with E-state index in [0.29, 0.717) is 12.3 Å². The zero-order valence-electron chi connectivity index (χ0n) is 18.5. The minimum atomic E-state index is -1.02. The number of rotatable bonds is 11. The largest absolute Gasteiger partial charge is 0.248 e. The molecule has 0 radical (unpaired) electrons. The third-order valence-electron chi connectivity index (χ3n) is 6.82. The molecular weight excluding hydrogens is 376 g/mol. The van der Waals surface area contributed by atoms with Crippen molar-refractivity contribution in [2.45, 2.75) is 96.3 Å². The van der Waals surface area contributed by atoms with E-state index >= 15 is 0 Å². The van der Waals surface area contributed by atoms with Crippen LogP contribution in [0.5, 0.6) is 0 Å². The minimum Gasteiger partial charge on any atom is -0.225 e. The summed E-state index contributed by atoms with van der Waals surface area (Å²) in [6.07, 6.45) is 18.1. The lowest BCUT2D eigenvalue weighted by molar-refractivity contribution is 0.302. The summed E-state index contributed by atoms with van der Waals surface area (Å²) in [6, 6.07) is 10.2. The van der Waals surface area contributed by atoms with Crippen molar-refractivity contribution in [2.24, 2.45) is 5.92 Å². The number of hydrogen-bond acceptors (Lipinski definition) is 1. The highest BCUT2D eigenvalue weighted by Crippen LogP contribution is 2.37.